The fourth-order valence-corrected chi connectivity index (χ4v) is 1.75. The molecular weight excluding hydrogens is 242 g/mol. The Labute approximate surface area is 102 Å². The van der Waals surface area contributed by atoms with Crippen LogP contribution in [0.25, 0.3) is 0 Å². The molecule has 5 nitrogen and oxygen atoms in total. The van der Waals surface area contributed by atoms with E-state index in [0.29, 0.717) is 17.7 Å². The number of ether oxygens (including phenoxy) is 1. The Morgan fingerprint density at radius 2 is 2.24 bits per heavy atom. The summed E-state index contributed by atoms with van der Waals surface area (Å²) in [4.78, 5) is 11.4. The van der Waals surface area contributed by atoms with Crippen LogP contribution in [0.3, 0.4) is 0 Å². The van der Waals surface area contributed by atoms with Gasteiger partial charge in [-0.2, -0.15) is 0 Å². The third kappa shape index (κ3) is 3.83. The first-order valence-corrected chi connectivity index (χ1v) is 6.23. The highest BCUT2D eigenvalue weighted by molar-refractivity contribution is 7.79. The average molecular weight is 257 g/mol. The number of benzene rings is 1. The molecule has 0 aliphatic rings. The summed E-state index contributed by atoms with van der Waals surface area (Å²) in [7, 11) is 1.51. The molecule has 0 saturated heterocycles. The van der Waals surface area contributed by atoms with Crippen molar-refractivity contribution in [3.05, 3.63) is 23.8 Å². The summed E-state index contributed by atoms with van der Waals surface area (Å²) in [5.74, 6) is 0.498. The normalized spacial score (nSPS) is 11.9. The third-order valence-electron chi connectivity index (χ3n) is 2.25. The standard InChI is InChI=1S/C11H15NO4S/c1-3-11(13)12-7-8-6-9(17(14)15)4-5-10(8)16-2/h4-6H,3,7H2,1-2H3,(H,12,13)(H,14,15). The van der Waals surface area contributed by atoms with Gasteiger partial charge >= 0.3 is 0 Å². The Balaban J connectivity index is 2.90. The lowest BCUT2D eigenvalue weighted by molar-refractivity contribution is -0.120. The number of nitrogens with one attached hydrogen (secondary N) is 1. The van der Waals surface area contributed by atoms with Gasteiger partial charge in [0.25, 0.3) is 0 Å². The van der Waals surface area contributed by atoms with Crippen LogP contribution in [0.4, 0.5) is 0 Å². The molecule has 0 spiro atoms. The Kier molecular flexibility index (Phi) is 5.11. The van der Waals surface area contributed by atoms with Crippen LogP contribution in [0, 0.1) is 0 Å². The Hall–Kier alpha value is -1.40. The highest BCUT2D eigenvalue weighted by Gasteiger charge is 2.08. The van der Waals surface area contributed by atoms with Gasteiger partial charge in [0, 0.05) is 18.5 Å². The summed E-state index contributed by atoms with van der Waals surface area (Å²) in [6.45, 7) is 2.03. The molecule has 0 bridgehead atoms. The summed E-state index contributed by atoms with van der Waals surface area (Å²) in [5.41, 5.74) is 0.675. The van der Waals surface area contributed by atoms with Crippen molar-refractivity contribution in [3.8, 4) is 5.75 Å². The molecule has 1 amide bonds. The summed E-state index contributed by atoms with van der Waals surface area (Å²) < 4.78 is 25.0. The van der Waals surface area contributed by atoms with E-state index in [1.807, 2.05) is 0 Å². The maximum atomic E-state index is 11.1. The molecule has 1 unspecified atom stereocenters. The van der Waals surface area contributed by atoms with Crippen molar-refractivity contribution in [2.45, 2.75) is 24.8 Å². The molecule has 0 fully saturated rings. The van der Waals surface area contributed by atoms with Gasteiger partial charge in [-0.3, -0.25) is 4.79 Å². The van der Waals surface area contributed by atoms with Crippen LogP contribution >= 0.6 is 0 Å². The average Bonchev–Trinajstić information content (AvgIpc) is 2.35. The number of rotatable bonds is 5. The lowest BCUT2D eigenvalue weighted by atomic mass is 10.2. The van der Waals surface area contributed by atoms with Crippen molar-refractivity contribution in [2.75, 3.05) is 7.11 Å². The molecule has 1 aromatic carbocycles. The van der Waals surface area contributed by atoms with Crippen LogP contribution in [-0.2, 0) is 22.4 Å². The van der Waals surface area contributed by atoms with Gasteiger partial charge in [-0.15, -0.1) is 0 Å². The zero-order chi connectivity index (χ0) is 12.8. The summed E-state index contributed by atoms with van der Waals surface area (Å²) in [5, 5.41) is 2.69. The number of hydrogen-bond donors (Lipinski definition) is 2. The van der Waals surface area contributed by atoms with E-state index >= 15 is 0 Å². The van der Waals surface area contributed by atoms with Crippen LogP contribution in [0.2, 0.25) is 0 Å². The molecule has 94 valence electrons. The van der Waals surface area contributed by atoms with Gasteiger partial charge < -0.3 is 14.6 Å². The second kappa shape index (κ2) is 6.36. The predicted molar refractivity (Wildman–Crippen MR) is 64.2 cm³/mol. The first-order valence-electron chi connectivity index (χ1n) is 5.13. The molecule has 0 heterocycles. The second-order valence-corrected chi connectivity index (χ2v) is 4.32. The van der Waals surface area contributed by atoms with E-state index in [0.717, 1.165) is 0 Å². The van der Waals surface area contributed by atoms with E-state index in [1.165, 1.54) is 13.2 Å². The SMILES string of the molecule is CCC(=O)NCc1cc(S(=O)O)ccc1OC. The van der Waals surface area contributed by atoms with Gasteiger partial charge in [0.05, 0.1) is 12.0 Å². The molecule has 6 heteroatoms. The van der Waals surface area contributed by atoms with Crippen LogP contribution in [-0.4, -0.2) is 21.8 Å². The van der Waals surface area contributed by atoms with Crippen molar-refractivity contribution in [1.82, 2.24) is 5.32 Å². The minimum absolute atomic E-state index is 0.0809. The van der Waals surface area contributed by atoms with Crippen molar-refractivity contribution in [3.63, 3.8) is 0 Å². The number of hydrogen-bond acceptors (Lipinski definition) is 3. The first-order chi connectivity index (χ1) is 8.08. The zero-order valence-corrected chi connectivity index (χ0v) is 10.5. The molecule has 0 aliphatic carbocycles. The molecule has 17 heavy (non-hydrogen) atoms. The fourth-order valence-electron chi connectivity index (χ4n) is 1.32. The van der Waals surface area contributed by atoms with Crippen LogP contribution in [0.15, 0.2) is 23.1 Å². The quantitative estimate of drug-likeness (QED) is 0.780. The van der Waals surface area contributed by atoms with Crippen LogP contribution in [0.5, 0.6) is 5.75 Å². The van der Waals surface area contributed by atoms with Gasteiger partial charge in [-0.05, 0) is 18.2 Å². The maximum absolute atomic E-state index is 11.1. The minimum Gasteiger partial charge on any atom is -0.496 e. The van der Waals surface area contributed by atoms with E-state index in [4.69, 9.17) is 9.29 Å². The van der Waals surface area contributed by atoms with Crippen molar-refractivity contribution in [1.29, 1.82) is 0 Å². The Bertz CT molecular complexity index is 433. The molecule has 1 atom stereocenters. The van der Waals surface area contributed by atoms with Gasteiger partial charge in [-0.1, -0.05) is 6.92 Å². The highest BCUT2D eigenvalue weighted by Crippen LogP contribution is 2.21. The molecule has 0 saturated carbocycles. The van der Waals surface area contributed by atoms with E-state index in [2.05, 4.69) is 5.32 Å². The highest BCUT2D eigenvalue weighted by atomic mass is 32.2. The molecule has 0 radical (unpaired) electrons. The number of methoxy groups -OCH3 is 1. The van der Waals surface area contributed by atoms with Gasteiger partial charge in [0.1, 0.15) is 5.75 Å². The second-order valence-electron chi connectivity index (χ2n) is 3.35. The topological polar surface area (TPSA) is 75.6 Å². The summed E-state index contributed by atoms with van der Waals surface area (Å²) in [6.07, 6.45) is 0.397. The molecule has 2 N–H and O–H groups in total. The van der Waals surface area contributed by atoms with E-state index in [9.17, 15) is 9.00 Å². The lowest BCUT2D eigenvalue weighted by Crippen LogP contribution is -2.21. The Morgan fingerprint density at radius 3 is 2.76 bits per heavy atom. The predicted octanol–water partition coefficient (Wildman–Crippen LogP) is 1.30. The largest absolute Gasteiger partial charge is 0.496 e. The Morgan fingerprint density at radius 1 is 1.53 bits per heavy atom. The van der Waals surface area contributed by atoms with Crippen LogP contribution < -0.4 is 10.1 Å². The molecule has 0 aromatic heterocycles. The smallest absolute Gasteiger partial charge is 0.219 e. The summed E-state index contributed by atoms with van der Waals surface area (Å²) >= 11 is -2.03. The van der Waals surface area contributed by atoms with Crippen molar-refractivity contribution >= 4 is 17.0 Å². The van der Waals surface area contributed by atoms with Gasteiger partial charge in [0.15, 0.2) is 11.1 Å². The zero-order valence-electron chi connectivity index (χ0n) is 9.73. The number of carbonyl (C=O) groups excluding carboxylic acids is 1. The van der Waals surface area contributed by atoms with Gasteiger partial charge in [0.2, 0.25) is 5.91 Å². The minimum atomic E-state index is -2.03. The monoisotopic (exact) mass is 257 g/mol. The van der Waals surface area contributed by atoms with Crippen LogP contribution in [0.1, 0.15) is 18.9 Å². The van der Waals surface area contributed by atoms with Crippen molar-refractivity contribution < 1.29 is 18.3 Å². The number of carbonyl (C=O) groups is 1. The molecule has 1 aromatic rings. The lowest BCUT2D eigenvalue weighted by Gasteiger charge is -2.10. The van der Waals surface area contributed by atoms with Gasteiger partial charge in [-0.25, -0.2) is 4.21 Å². The maximum Gasteiger partial charge on any atom is 0.219 e. The first kappa shape index (κ1) is 13.7. The molecule has 0 aliphatic heterocycles. The van der Waals surface area contributed by atoms with E-state index in [-0.39, 0.29) is 17.3 Å². The van der Waals surface area contributed by atoms with Crippen molar-refractivity contribution in [2.24, 2.45) is 0 Å². The van der Waals surface area contributed by atoms with E-state index < -0.39 is 11.1 Å². The molecule has 1 rings (SSSR count). The molecular formula is C11H15NO4S. The number of amides is 1. The van der Waals surface area contributed by atoms with E-state index in [1.54, 1.807) is 19.1 Å². The third-order valence-corrected chi connectivity index (χ3v) is 2.91. The summed E-state index contributed by atoms with van der Waals surface area (Å²) in [6, 6.07) is 4.67. The fraction of sp³-hybridized carbons (Fsp3) is 0.364.